The number of phenolic OH excluding ortho intramolecular Hbond substituents is 1. The highest BCUT2D eigenvalue weighted by molar-refractivity contribution is 6.01. The summed E-state index contributed by atoms with van der Waals surface area (Å²) in [6, 6.07) is 6.94. The molecule has 0 bridgehead atoms. The molecule has 2 nitrogen and oxygen atoms in total. The minimum Gasteiger partial charge on any atom is -0.508 e. The number of carbonyl (C=O) groups excluding carboxylic acids is 1. The molecule has 1 saturated carbocycles. The first-order chi connectivity index (χ1) is 7.66. The first-order valence-corrected chi connectivity index (χ1v) is 5.70. The number of ketones is 1. The molecule has 0 heterocycles. The van der Waals surface area contributed by atoms with Crippen molar-refractivity contribution in [3.05, 3.63) is 35.4 Å². The van der Waals surface area contributed by atoms with Crippen LogP contribution in [0.5, 0.6) is 5.75 Å². The quantitative estimate of drug-likeness (QED) is 0.732. The van der Waals surface area contributed by atoms with Gasteiger partial charge in [0.15, 0.2) is 5.78 Å². The second-order valence-corrected chi connectivity index (χ2v) is 4.42. The van der Waals surface area contributed by atoms with Gasteiger partial charge in [0.25, 0.3) is 0 Å². The first kappa shape index (κ1) is 10.9. The summed E-state index contributed by atoms with van der Waals surface area (Å²) in [7, 11) is 0. The van der Waals surface area contributed by atoms with E-state index >= 15 is 0 Å². The number of benzene rings is 1. The average Bonchev–Trinajstić information content (AvgIpc) is 2.28. The van der Waals surface area contributed by atoms with Crippen LogP contribution in [0, 0.1) is 5.92 Å². The van der Waals surface area contributed by atoms with Crippen LogP contribution in [-0.4, -0.2) is 10.9 Å². The van der Waals surface area contributed by atoms with Crippen molar-refractivity contribution in [1.82, 2.24) is 0 Å². The van der Waals surface area contributed by atoms with E-state index in [0.29, 0.717) is 0 Å². The molecule has 1 unspecified atom stereocenters. The van der Waals surface area contributed by atoms with Crippen LogP contribution in [0.25, 0.3) is 6.08 Å². The number of rotatable bonds is 1. The lowest BCUT2D eigenvalue weighted by Gasteiger charge is -2.19. The van der Waals surface area contributed by atoms with Crippen molar-refractivity contribution in [1.29, 1.82) is 0 Å². The number of phenols is 1. The zero-order valence-corrected chi connectivity index (χ0v) is 9.44. The lowest BCUT2D eigenvalue weighted by Crippen LogP contribution is -2.18. The SMILES string of the molecule is CC1CCCC(=Cc2ccc(O)cc2)C1=O. The van der Waals surface area contributed by atoms with E-state index in [1.165, 1.54) is 0 Å². The predicted molar refractivity (Wildman–Crippen MR) is 64.1 cm³/mol. The fourth-order valence-corrected chi connectivity index (χ4v) is 2.08. The fourth-order valence-electron chi connectivity index (χ4n) is 2.08. The molecule has 0 radical (unpaired) electrons. The van der Waals surface area contributed by atoms with Crippen molar-refractivity contribution in [3.8, 4) is 5.75 Å². The molecule has 0 spiro atoms. The van der Waals surface area contributed by atoms with Crippen molar-refractivity contribution in [2.45, 2.75) is 26.2 Å². The highest BCUT2D eigenvalue weighted by Crippen LogP contribution is 2.26. The highest BCUT2D eigenvalue weighted by atomic mass is 16.3. The zero-order valence-electron chi connectivity index (χ0n) is 9.44. The van der Waals surface area contributed by atoms with Crippen LogP contribution in [0.3, 0.4) is 0 Å². The lowest BCUT2D eigenvalue weighted by molar-refractivity contribution is -0.119. The Hall–Kier alpha value is -1.57. The van der Waals surface area contributed by atoms with Crippen LogP contribution in [0.15, 0.2) is 29.8 Å². The molecule has 0 saturated heterocycles. The van der Waals surface area contributed by atoms with Crippen LogP contribution in [0.1, 0.15) is 31.7 Å². The third-order valence-corrected chi connectivity index (χ3v) is 3.08. The van der Waals surface area contributed by atoms with Crippen LogP contribution in [0.2, 0.25) is 0 Å². The summed E-state index contributed by atoms with van der Waals surface area (Å²) >= 11 is 0. The average molecular weight is 216 g/mol. The summed E-state index contributed by atoms with van der Waals surface area (Å²) in [6.45, 7) is 1.99. The molecular weight excluding hydrogens is 200 g/mol. The number of hydrogen-bond acceptors (Lipinski definition) is 2. The van der Waals surface area contributed by atoms with Gasteiger partial charge in [-0.15, -0.1) is 0 Å². The maximum atomic E-state index is 11.9. The lowest BCUT2D eigenvalue weighted by atomic mass is 9.84. The summed E-state index contributed by atoms with van der Waals surface area (Å²) in [4.78, 5) is 11.9. The zero-order chi connectivity index (χ0) is 11.5. The maximum Gasteiger partial charge on any atom is 0.161 e. The number of Topliss-reactive ketones (excluding diaryl/α,β-unsaturated/α-hetero) is 1. The Morgan fingerprint density at radius 3 is 2.69 bits per heavy atom. The van der Waals surface area contributed by atoms with Gasteiger partial charge >= 0.3 is 0 Å². The van der Waals surface area contributed by atoms with Crippen LogP contribution in [0.4, 0.5) is 0 Å². The summed E-state index contributed by atoms with van der Waals surface area (Å²) in [6.07, 6.45) is 4.92. The molecule has 84 valence electrons. The Labute approximate surface area is 95.6 Å². The Morgan fingerprint density at radius 2 is 2.00 bits per heavy atom. The monoisotopic (exact) mass is 216 g/mol. The van der Waals surface area contributed by atoms with E-state index in [9.17, 15) is 4.79 Å². The molecular formula is C14H16O2. The van der Waals surface area contributed by atoms with Crippen molar-refractivity contribution in [2.75, 3.05) is 0 Å². The minimum absolute atomic E-state index is 0.164. The number of aromatic hydroxyl groups is 1. The van der Waals surface area contributed by atoms with Crippen molar-refractivity contribution in [3.63, 3.8) is 0 Å². The maximum absolute atomic E-state index is 11.9. The number of carbonyl (C=O) groups is 1. The van der Waals surface area contributed by atoms with Crippen LogP contribution < -0.4 is 0 Å². The van der Waals surface area contributed by atoms with Crippen LogP contribution in [-0.2, 0) is 4.79 Å². The van der Waals surface area contributed by atoms with E-state index in [0.717, 1.165) is 30.4 Å². The molecule has 0 amide bonds. The first-order valence-electron chi connectivity index (χ1n) is 5.70. The predicted octanol–water partition coefficient (Wildman–Crippen LogP) is 3.16. The Morgan fingerprint density at radius 1 is 1.31 bits per heavy atom. The minimum atomic E-state index is 0.164. The summed E-state index contributed by atoms with van der Waals surface area (Å²) in [5.74, 6) is 0.696. The molecule has 16 heavy (non-hydrogen) atoms. The van der Waals surface area contributed by atoms with Gasteiger partial charge in [0.05, 0.1) is 0 Å². The molecule has 1 aromatic carbocycles. The van der Waals surface area contributed by atoms with Gasteiger partial charge < -0.3 is 5.11 Å². The van der Waals surface area contributed by atoms with Gasteiger partial charge in [0.2, 0.25) is 0 Å². The Kier molecular flexibility index (Phi) is 3.09. The standard InChI is InChI=1S/C14H16O2/c1-10-3-2-4-12(14(10)16)9-11-5-7-13(15)8-6-11/h5-10,15H,2-4H2,1H3. The molecule has 1 aliphatic carbocycles. The molecule has 0 aromatic heterocycles. The topological polar surface area (TPSA) is 37.3 Å². The molecule has 1 N–H and O–H groups in total. The number of hydrogen-bond donors (Lipinski definition) is 1. The van der Waals surface area contributed by atoms with Gasteiger partial charge in [-0.25, -0.2) is 0 Å². The molecule has 1 aromatic rings. The van der Waals surface area contributed by atoms with Crippen molar-refractivity contribution < 1.29 is 9.90 Å². The van der Waals surface area contributed by atoms with Gasteiger partial charge in [-0.2, -0.15) is 0 Å². The third-order valence-electron chi connectivity index (χ3n) is 3.08. The van der Waals surface area contributed by atoms with E-state index < -0.39 is 0 Å². The van der Waals surface area contributed by atoms with Gasteiger partial charge in [0.1, 0.15) is 5.75 Å². The van der Waals surface area contributed by atoms with Gasteiger partial charge in [-0.05, 0) is 48.6 Å². The second-order valence-electron chi connectivity index (χ2n) is 4.42. The molecule has 1 aliphatic rings. The van der Waals surface area contributed by atoms with E-state index in [1.807, 2.05) is 25.1 Å². The third kappa shape index (κ3) is 2.32. The van der Waals surface area contributed by atoms with E-state index in [2.05, 4.69) is 0 Å². The molecule has 2 heteroatoms. The largest absolute Gasteiger partial charge is 0.508 e. The second kappa shape index (κ2) is 4.52. The number of allylic oxidation sites excluding steroid dienone is 1. The molecule has 0 aliphatic heterocycles. The van der Waals surface area contributed by atoms with Gasteiger partial charge in [0, 0.05) is 5.92 Å². The van der Waals surface area contributed by atoms with E-state index in [1.54, 1.807) is 12.1 Å². The van der Waals surface area contributed by atoms with Crippen molar-refractivity contribution >= 4 is 11.9 Å². The Bertz CT molecular complexity index is 415. The van der Waals surface area contributed by atoms with Crippen LogP contribution >= 0.6 is 0 Å². The smallest absolute Gasteiger partial charge is 0.161 e. The summed E-state index contributed by atoms with van der Waals surface area (Å²) < 4.78 is 0. The molecule has 2 rings (SSSR count). The van der Waals surface area contributed by atoms with E-state index in [4.69, 9.17) is 5.11 Å². The summed E-state index contributed by atoms with van der Waals surface area (Å²) in [5.41, 5.74) is 1.90. The Balaban J connectivity index is 2.23. The van der Waals surface area contributed by atoms with E-state index in [-0.39, 0.29) is 17.5 Å². The highest BCUT2D eigenvalue weighted by Gasteiger charge is 2.22. The molecule has 1 atom stereocenters. The van der Waals surface area contributed by atoms with Crippen molar-refractivity contribution in [2.24, 2.45) is 5.92 Å². The summed E-state index contributed by atoms with van der Waals surface area (Å²) in [5, 5.41) is 9.17. The van der Waals surface area contributed by atoms with Gasteiger partial charge in [-0.1, -0.05) is 19.1 Å². The molecule has 1 fully saturated rings. The fraction of sp³-hybridized carbons (Fsp3) is 0.357. The normalized spacial score (nSPS) is 23.7. The van der Waals surface area contributed by atoms with Gasteiger partial charge in [-0.3, -0.25) is 4.79 Å².